The van der Waals surface area contributed by atoms with E-state index < -0.39 is 5.60 Å². The first kappa shape index (κ1) is 13.0. The van der Waals surface area contributed by atoms with Gasteiger partial charge in [-0.3, -0.25) is 0 Å². The van der Waals surface area contributed by atoms with Gasteiger partial charge in [-0.05, 0) is 37.0 Å². The molecule has 2 nitrogen and oxygen atoms in total. The Morgan fingerprint density at radius 1 is 1.25 bits per heavy atom. The minimum Gasteiger partial charge on any atom is -0.494 e. The maximum Gasteiger partial charge on any atom is 0.119 e. The van der Waals surface area contributed by atoms with Crippen molar-refractivity contribution in [3.8, 4) is 5.75 Å². The van der Waals surface area contributed by atoms with Crippen LogP contribution in [0.5, 0.6) is 5.75 Å². The Balaban J connectivity index is 2.78. The summed E-state index contributed by atoms with van der Waals surface area (Å²) in [6, 6.07) is 7.71. The van der Waals surface area contributed by atoms with Gasteiger partial charge in [-0.25, -0.2) is 0 Å². The van der Waals surface area contributed by atoms with E-state index >= 15 is 0 Å². The van der Waals surface area contributed by atoms with Crippen LogP contribution in [0.3, 0.4) is 0 Å². The van der Waals surface area contributed by atoms with Gasteiger partial charge in [-0.1, -0.05) is 32.9 Å². The minimum atomic E-state index is -0.775. The molecule has 2 heteroatoms. The van der Waals surface area contributed by atoms with Crippen LogP contribution >= 0.6 is 0 Å². The Kier molecular flexibility index (Phi) is 4.36. The van der Waals surface area contributed by atoms with Crippen LogP contribution in [0.25, 0.3) is 0 Å². The molecule has 0 heterocycles. The highest BCUT2D eigenvalue weighted by Crippen LogP contribution is 2.29. The highest BCUT2D eigenvalue weighted by atomic mass is 16.5. The zero-order valence-corrected chi connectivity index (χ0v) is 10.7. The SMILES string of the molecule is CCCOc1ccc(C(C)(O)C(C)C)cc1. The van der Waals surface area contributed by atoms with Gasteiger partial charge in [-0.2, -0.15) is 0 Å². The molecule has 0 radical (unpaired) electrons. The van der Waals surface area contributed by atoms with E-state index in [0.29, 0.717) is 0 Å². The summed E-state index contributed by atoms with van der Waals surface area (Å²) >= 11 is 0. The number of benzene rings is 1. The molecule has 90 valence electrons. The van der Waals surface area contributed by atoms with Crippen molar-refractivity contribution in [2.45, 2.75) is 39.7 Å². The molecular formula is C14H22O2. The highest BCUT2D eigenvalue weighted by molar-refractivity contribution is 5.30. The van der Waals surface area contributed by atoms with E-state index in [1.165, 1.54) is 0 Å². The van der Waals surface area contributed by atoms with Crippen molar-refractivity contribution in [3.63, 3.8) is 0 Å². The predicted molar refractivity (Wildman–Crippen MR) is 66.6 cm³/mol. The molecule has 1 atom stereocenters. The van der Waals surface area contributed by atoms with Crippen molar-refractivity contribution < 1.29 is 9.84 Å². The van der Waals surface area contributed by atoms with Crippen LogP contribution in [0.1, 0.15) is 39.7 Å². The monoisotopic (exact) mass is 222 g/mol. The first-order valence-corrected chi connectivity index (χ1v) is 5.94. The first-order valence-electron chi connectivity index (χ1n) is 5.94. The summed E-state index contributed by atoms with van der Waals surface area (Å²) < 4.78 is 5.50. The van der Waals surface area contributed by atoms with Gasteiger partial charge in [0.25, 0.3) is 0 Å². The minimum absolute atomic E-state index is 0.190. The fourth-order valence-corrected chi connectivity index (χ4v) is 1.44. The summed E-state index contributed by atoms with van der Waals surface area (Å²) in [6.07, 6.45) is 1.01. The van der Waals surface area contributed by atoms with Crippen molar-refractivity contribution in [1.82, 2.24) is 0 Å². The topological polar surface area (TPSA) is 29.5 Å². The van der Waals surface area contributed by atoms with Crippen LogP contribution < -0.4 is 4.74 Å². The number of ether oxygens (including phenoxy) is 1. The lowest BCUT2D eigenvalue weighted by Crippen LogP contribution is -2.27. The molecule has 0 bridgehead atoms. The third-order valence-corrected chi connectivity index (χ3v) is 3.04. The second-order valence-electron chi connectivity index (χ2n) is 4.68. The van der Waals surface area contributed by atoms with Gasteiger partial charge in [0.15, 0.2) is 0 Å². The third kappa shape index (κ3) is 2.99. The molecule has 1 unspecified atom stereocenters. The van der Waals surface area contributed by atoms with E-state index in [4.69, 9.17) is 4.74 Å². The second-order valence-corrected chi connectivity index (χ2v) is 4.68. The largest absolute Gasteiger partial charge is 0.494 e. The lowest BCUT2D eigenvalue weighted by molar-refractivity contribution is 0.00901. The fourth-order valence-electron chi connectivity index (χ4n) is 1.44. The molecule has 1 rings (SSSR count). The number of hydrogen-bond donors (Lipinski definition) is 1. The van der Waals surface area contributed by atoms with E-state index in [2.05, 4.69) is 6.92 Å². The van der Waals surface area contributed by atoms with E-state index in [-0.39, 0.29) is 5.92 Å². The van der Waals surface area contributed by atoms with E-state index in [1.54, 1.807) is 0 Å². The molecule has 0 aliphatic carbocycles. The van der Waals surface area contributed by atoms with Crippen molar-refractivity contribution in [2.24, 2.45) is 5.92 Å². The van der Waals surface area contributed by atoms with Crippen LogP contribution in [0.15, 0.2) is 24.3 Å². The average Bonchev–Trinajstić information content (AvgIpc) is 2.26. The molecule has 0 fully saturated rings. The molecule has 0 amide bonds. The van der Waals surface area contributed by atoms with Crippen LogP contribution in [0.2, 0.25) is 0 Å². The van der Waals surface area contributed by atoms with Crippen molar-refractivity contribution >= 4 is 0 Å². The summed E-state index contributed by atoms with van der Waals surface area (Å²) in [5.41, 5.74) is 0.162. The van der Waals surface area contributed by atoms with Crippen LogP contribution in [-0.4, -0.2) is 11.7 Å². The van der Waals surface area contributed by atoms with Gasteiger partial charge < -0.3 is 9.84 Å². The summed E-state index contributed by atoms with van der Waals surface area (Å²) in [7, 11) is 0. The average molecular weight is 222 g/mol. The quantitative estimate of drug-likeness (QED) is 0.828. The van der Waals surface area contributed by atoms with Crippen molar-refractivity contribution in [2.75, 3.05) is 6.61 Å². The molecule has 0 saturated heterocycles. The molecular weight excluding hydrogens is 200 g/mol. The predicted octanol–water partition coefficient (Wildman–Crippen LogP) is 3.34. The standard InChI is InChI=1S/C14H22O2/c1-5-10-16-13-8-6-12(7-9-13)14(4,15)11(2)3/h6-9,11,15H,5,10H2,1-4H3. The van der Waals surface area contributed by atoms with E-state index in [0.717, 1.165) is 24.3 Å². The van der Waals surface area contributed by atoms with Crippen LogP contribution in [0, 0.1) is 5.92 Å². The number of rotatable bonds is 5. The normalized spacial score (nSPS) is 14.9. The van der Waals surface area contributed by atoms with Crippen LogP contribution in [-0.2, 0) is 5.60 Å². The summed E-state index contributed by atoms with van der Waals surface area (Å²) in [5, 5.41) is 10.3. The zero-order valence-electron chi connectivity index (χ0n) is 10.7. The van der Waals surface area contributed by atoms with E-state index in [9.17, 15) is 5.11 Å². The molecule has 1 aromatic rings. The molecule has 16 heavy (non-hydrogen) atoms. The highest BCUT2D eigenvalue weighted by Gasteiger charge is 2.26. The van der Waals surface area contributed by atoms with Gasteiger partial charge in [-0.15, -0.1) is 0 Å². The van der Waals surface area contributed by atoms with Gasteiger partial charge in [0.05, 0.1) is 12.2 Å². The lowest BCUT2D eigenvalue weighted by atomic mass is 9.85. The summed E-state index contributed by atoms with van der Waals surface area (Å²) in [6.45, 7) is 8.69. The van der Waals surface area contributed by atoms with Crippen molar-refractivity contribution in [1.29, 1.82) is 0 Å². The Morgan fingerprint density at radius 3 is 2.25 bits per heavy atom. The molecule has 1 N–H and O–H groups in total. The molecule has 0 aromatic heterocycles. The fraction of sp³-hybridized carbons (Fsp3) is 0.571. The Morgan fingerprint density at radius 2 is 1.81 bits per heavy atom. The van der Waals surface area contributed by atoms with Crippen molar-refractivity contribution in [3.05, 3.63) is 29.8 Å². The van der Waals surface area contributed by atoms with Gasteiger partial charge in [0.2, 0.25) is 0 Å². The lowest BCUT2D eigenvalue weighted by Gasteiger charge is -2.28. The Bertz CT molecular complexity index is 312. The number of hydrogen-bond acceptors (Lipinski definition) is 2. The van der Waals surface area contributed by atoms with Gasteiger partial charge in [0.1, 0.15) is 5.75 Å². The molecule has 0 spiro atoms. The summed E-state index contributed by atoms with van der Waals surface area (Å²) in [4.78, 5) is 0. The maximum atomic E-state index is 10.3. The molecule has 0 aliphatic heterocycles. The molecule has 1 aromatic carbocycles. The summed E-state index contributed by atoms with van der Waals surface area (Å²) in [5.74, 6) is 1.06. The Hall–Kier alpha value is -1.02. The zero-order chi connectivity index (χ0) is 12.2. The molecule has 0 saturated carbocycles. The van der Waals surface area contributed by atoms with Gasteiger partial charge in [0, 0.05) is 0 Å². The van der Waals surface area contributed by atoms with E-state index in [1.807, 2.05) is 45.0 Å². The van der Waals surface area contributed by atoms with Crippen LogP contribution in [0.4, 0.5) is 0 Å². The Labute approximate surface area is 98.3 Å². The molecule has 0 aliphatic rings. The van der Waals surface area contributed by atoms with Gasteiger partial charge >= 0.3 is 0 Å². The smallest absolute Gasteiger partial charge is 0.119 e. The first-order chi connectivity index (χ1) is 7.48. The third-order valence-electron chi connectivity index (χ3n) is 3.04. The number of aliphatic hydroxyl groups is 1. The maximum absolute atomic E-state index is 10.3. The second kappa shape index (κ2) is 5.35.